The Labute approximate surface area is 182 Å². The Hall–Kier alpha value is -2.70. The maximum absolute atomic E-state index is 13.6. The first-order valence-corrected chi connectivity index (χ1v) is 10.4. The molecule has 0 aromatic heterocycles. The second-order valence-corrected chi connectivity index (χ2v) is 7.88. The number of methoxy groups -OCH3 is 1. The summed E-state index contributed by atoms with van der Waals surface area (Å²) < 4.78 is 19.3. The first kappa shape index (κ1) is 24.6. The van der Waals surface area contributed by atoms with Crippen LogP contribution in [0.5, 0.6) is 5.75 Å². The number of hydrogen-bond acceptors (Lipinski definition) is 4. The summed E-state index contributed by atoms with van der Waals surface area (Å²) in [5.41, 5.74) is 4.50. The van der Waals surface area contributed by atoms with E-state index in [2.05, 4.69) is 19.9 Å². The van der Waals surface area contributed by atoms with E-state index in [1.807, 2.05) is 6.92 Å². The molecule has 0 bridgehead atoms. The van der Waals surface area contributed by atoms with E-state index in [9.17, 15) is 19.4 Å². The average Bonchev–Trinajstić information content (AvgIpc) is 2.70. The Kier molecular flexibility index (Phi) is 8.77. The molecule has 3 N–H and O–H groups in total. The predicted molar refractivity (Wildman–Crippen MR) is 120 cm³/mol. The minimum Gasteiger partial charge on any atom is -0.496 e. The number of benzene rings is 2. The van der Waals surface area contributed by atoms with Crippen molar-refractivity contribution >= 4 is 12.0 Å². The standard InChI is InChI=1S/C25H31FO5/c1-5-16-12-22(15(2)3)21(11-10-19(27)13-20(28)14-23(29)30)24(25(16)31-4)17-6-8-18(26)9-7-17/h6-12,15,19-20,27-28H,5,13-14H2,1-4H3,(H,29,30). The van der Waals surface area contributed by atoms with Crippen LogP contribution in [0.15, 0.2) is 36.4 Å². The van der Waals surface area contributed by atoms with Gasteiger partial charge in [0.15, 0.2) is 0 Å². The number of hydrogen-bond donors (Lipinski definition) is 3. The minimum atomic E-state index is -1.14. The van der Waals surface area contributed by atoms with Crippen LogP contribution >= 0.6 is 0 Å². The van der Waals surface area contributed by atoms with E-state index in [0.717, 1.165) is 34.2 Å². The Balaban J connectivity index is 2.60. The molecule has 2 rings (SSSR count). The molecule has 2 unspecified atom stereocenters. The Morgan fingerprint density at radius 1 is 1.19 bits per heavy atom. The van der Waals surface area contributed by atoms with E-state index in [-0.39, 0.29) is 18.2 Å². The van der Waals surface area contributed by atoms with Gasteiger partial charge in [-0.3, -0.25) is 4.79 Å². The Morgan fingerprint density at radius 2 is 1.84 bits per heavy atom. The van der Waals surface area contributed by atoms with Gasteiger partial charge in [0.2, 0.25) is 0 Å². The highest BCUT2D eigenvalue weighted by molar-refractivity contribution is 5.84. The number of aryl methyl sites for hydroxylation is 1. The van der Waals surface area contributed by atoms with Gasteiger partial charge in [0.25, 0.3) is 0 Å². The zero-order valence-electron chi connectivity index (χ0n) is 18.4. The van der Waals surface area contributed by atoms with Crippen LogP contribution in [0.4, 0.5) is 4.39 Å². The van der Waals surface area contributed by atoms with Gasteiger partial charge in [0.05, 0.1) is 25.7 Å². The first-order chi connectivity index (χ1) is 14.7. The van der Waals surface area contributed by atoms with Crippen molar-refractivity contribution in [2.75, 3.05) is 7.11 Å². The molecule has 2 atom stereocenters. The normalized spacial score (nSPS) is 13.5. The van der Waals surface area contributed by atoms with Crippen LogP contribution < -0.4 is 4.74 Å². The van der Waals surface area contributed by atoms with E-state index in [4.69, 9.17) is 9.84 Å². The number of carbonyl (C=O) groups is 1. The van der Waals surface area contributed by atoms with E-state index in [1.54, 1.807) is 31.4 Å². The van der Waals surface area contributed by atoms with Gasteiger partial charge in [0, 0.05) is 12.0 Å². The molecule has 0 aliphatic carbocycles. The van der Waals surface area contributed by atoms with Crippen LogP contribution in [0, 0.1) is 5.82 Å². The number of aliphatic hydroxyl groups is 2. The summed E-state index contributed by atoms with van der Waals surface area (Å²) in [6.07, 6.45) is 1.39. The summed E-state index contributed by atoms with van der Waals surface area (Å²) in [4.78, 5) is 10.7. The lowest BCUT2D eigenvalue weighted by atomic mass is 9.86. The number of carboxylic acid groups (broad SMARTS) is 1. The fraction of sp³-hybridized carbons (Fsp3) is 0.400. The maximum atomic E-state index is 13.6. The van der Waals surface area contributed by atoms with Gasteiger partial charge in [-0.05, 0) is 46.7 Å². The molecule has 6 heteroatoms. The summed E-state index contributed by atoms with van der Waals surface area (Å²) in [6, 6.07) is 8.27. The zero-order valence-corrected chi connectivity index (χ0v) is 18.4. The third kappa shape index (κ3) is 6.39. The number of carboxylic acids is 1. The molecular formula is C25H31FO5. The molecule has 2 aromatic carbocycles. The van der Waals surface area contributed by atoms with Gasteiger partial charge in [-0.2, -0.15) is 0 Å². The van der Waals surface area contributed by atoms with Crippen LogP contribution in [-0.2, 0) is 11.2 Å². The van der Waals surface area contributed by atoms with Gasteiger partial charge in [-0.1, -0.05) is 51.1 Å². The molecule has 2 aromatic rings. The lowest BCUT2D eigenvalue weighted by molar-refractivity contribution is -0.139. The lowest BCUT2D eigenvalue weighted by Crippen LogP contribution is -2.19. The quantitative estimate of drug-likeness (QED) is 0.505. The summed E-state index contributed by atoms with van der Waals surface area (Å²) in [5.74, 6) is -0.592. The third-order valence-corrected chi connectivity index (χ3v) is 5.18. The van der Waals surface area contributed by atoms with E-state index in [1.165, 1.54) is 12.1 Å². The Morgan fingerprint density at radius 3 is 2.35 bits per heavy atom. The van der Waals surface area contributed by atoms with Crippen molar-refractivity contribution in [3.05, 3.63) is 58.9 Å². The molecule has 0 amide bonds. The SMILES string of the molecule is CCc1cc(C(C)C)c(C=CC(O)CC(O)CC(=O)O)c(-c2ccc(F)cc2)c1OC. The van der Waals surface area contributed by atoms with Gasteiger partial charge >= 0.3 is 5.97 Å². The molecule has 0 heterocycles. The second kappa shape index (κ2) is 11.1. The summed E-state index contributed by atoms with van der Waals surface area (Å²) in [5, 5.41) is 28.9. The second-order valence-electron chi connectivity index (χ2n) is 7.88. The molecule has 0 radical (unpaired) electrons. The van der Waals surface area contributed by atoms with Gasteiger partial charge in [0.1, 0.15) is 11.6 Å². The Bertz CT molecular complexity index is 918. The van der Waals surface area contributed by atoms with Crippen molar-refractivity contribution in [2.24, 2.45) is 0 Å². The molecule has 0 fully saturated rings. The highest BCUT2D eigenvalue weighted by atomic mass is 19.1. The van der Waals surface area contributed by atoms with Gasteiger partial charge in [-0.25, -0.2) is 4.39 Å². The summed E-state index contributed by atoms with van der Waals surface area (Å²) >= 11 is 0. The first-order valence-electron chi connectivity index (χ1n) is 10.4. The number of halogens is 1. The van der Waals surface area contributed by atoms with Gasteiger partial charge < -0.3 is 20.1 Å². The fourth-order valence-corrected chi connectivity index (χ4v) is 3.66. The average molecular weight is 431 g/mol. The third-order valence-electron chi connectivity index (χ3n) is 5.18. The predicted octanol–water partition coefficient (Wildman–Crippen LogP) is 4.79. The fourth-order valence-electron chi connectivity index (χ4n) is 3.66. The van der Waals surface area contributed by atoms with Crippen molar-refractivity contribution in [1.82, 2.24) is 0 Å². The van der Waals surface area contributed by atoms with Crippen molar-refractivity contribution in [3.8, 4) is 16.9 Å². The largest absolute Gasteiger partial charge is 0.496 e. The number of aliphatic carboxylic acids is 1. The van der Waals surface area contributed by atoms with E-state index < -0.39 is 24.6 Å². The zero-order chi connectivity index (χ0) is 23.1. The smallest absolute Gasteiger partial charge is 0.305 e. The molecule has 5 nitrogen and oxygen atoms in total. The van der Waals surface area contributed by atoms with E-state index in [0.29, 0.717) is 5.75 Å². The topological polar surface area (TPSA) is 87.0 Å². The van der Waals surface area contributed by atoms with Crippen molar-refractivity contribution in [3.63, 3.8) is 0 Å². The van der Waals surface area contributed by atoms with Crippen LogP contribution in [0.25, 0.3) is 17.2 Å². The molecule has 0 spiro atoms. The summed E-state index contributed by atoms with van der Waals surface area (Å²) in [6.45, 7) is 6.18. The molecular weight excluding hydrogens is 399 g/mol. The highest BCUT2D eigenvalue weighted by Crippen LogP contribution is 2.41. The molecule has 168 valence electrons. The molecule has 31 heavy (non-hydrogen) atoms. The maximum Gasteiger partial charge on any atom is 0.305 e. The monoisotopic (exact) mass is 430 g/mol. The summed E-state index contributed by atoms with van der Waals surface area (Å²) in [7, 11) is 1.60. The molecule has 0 saturated carbocycles. The van der Waals surface area contributed by atoms with Crippen LogP contribution in [-0.4, -0.2) is 40.6 Å². The number of ether oxygens (including phenoxy) is 1. The number of rotatable bonds is 10. The van der Waals surface area contributed by atoms with E-state index >= 15 is 0 Å². The molecule has 0 saturated heterocycles. The molecule has 0 aliphatic rings. The molecule has 0 aliphatic heterocycles. The van der Waals surface area contributed by atoms with Crippen LogP contribution in [0.3, 0.4) is 0 Å². The van der Waals surface area contributed by atoms with Gasteiger partial charge in [-0.15, -0.1) is 0 Å². The van der Waals surface area contributed by atoms with Crippen LogP contribution in [0.2, 0.25) is 0 Å². The van der Waals surface area contributed by atoms with Crippen LogP contribution in [0.1, 0.15) is 56.2 Å². The lowest BCUT2D eigenvalue weighted by Gasteiger charge is -2.22. The van der Waals surface area contributed by atoms with Crippen molar-refractivity contribution in [1.29, 1.82) is 0 Å². The van der Waals surface area contributed by atoms with Crippen molar-refractivity contribution < 1.29 is 29.2 Å². The minimum absolute atomic E-state index is 0.0874. The number of aliphatic hydroxyl groups excluding tert-OH is 2. The highest BCUT2D eigenvalue weighted by Gasteiger charge is 2.20. The van der Waals surface area contributed by atoms with Crippen molar-refractivity contribution in [2.45, 2.75) is 58.2 Å².